The summed E-state index contributed by atoms with van der Waals surface area (Å²) < 4.78 is 9.49. The van der Waals surface area contributed by atoms with Gasteiger partial charge < -0.3 is 20.1 Å². The van der Waals surface area contributed by atoms with Crippen LogP contribution in [0.1, 0.15) is 37.0 Å². The van der Waals surface area contributed by atoms with Crippen molar-refractivity contribution in [3.63, 3.8) is 0 Å². The zero-order valence-electron chi connectivity index (χ0n) is 15.1. The number of rotatable bonds is 10. The van der Waals surface area contributed by atoms with Crippen LogP contribution < -0.4 is 10.6 Å². The van der Waals surface area contributed by atoms with E-state index in [1.54, 1.807) is 16.8 Å². The van der Waals surface area contributed by atoms with Gasteiger partial charge in [0.1, 0.15) is 6.04 Å². The van der Waals surface area contributed by atoms with Crippen molar-refractivity contribution in [1.82, 2.24) is 10.6 Å². The van der Waals surface area contributed by atoms with Gasteiger partial charge in [0.05, 0.1) is 13.5 Å². The summed E-state index contributed by atoms with van der Waals surface area (Å²) in [5, 5.41) is 8.55. The molecule has 144 valence electrons. The van der Waals surface area contributed by atoms with E-state index in [2.05, 4.69) is 15.4 Å². The van der Waals surface area contributed by atoms with Gasteiger partial charge in [-0.1, -0.05) is 13.8 Å². The highest BCUT2D eigenvalue weighted by Crippen LogP contribution is 2.06. The van der Waals surface area contributed by atoms with E-state index in [1.165, 1.54) is 18.4 Å². The highest BCUT2D eigenvalue weighted by Gasteiger charge is 2.23. The molecule has 0 saturated carbocycles. The Morgan fingerprint density at radius 2 is 1.96 bits per heavy atom. The molecule has 1 atom stereocenters. The van der Waals surface area contributed by atoms with Gasteiger partial charge in [0.15, 0.2) is 6.61 Å². The van der Waals surface area contributed by atoms with Crippen molar-refractivity contribution in [2.24, 2.45) is 5.92 Å². The van der Waals surface area contributed by atoms with Gasteiger partial charge in [0.25, 0.3) is 11.8 Å². The van der Waals surface area contributed by atoms with E-state index in [4.69, 9.17) is 4.74 Å². The van der Waals surface area contributed by atoms with Crippen molar-refractivity contribution in [3.8, 4) is 0 Å². The Kier molecular flexibility index (Phi) is 9.35. The van der Waals surface area contributed by atoms with E-state index >= 15 is 0 Å². The van der Waals surface area contributed by atoms with E-state index in [-0.39, 0.29) is 24.8 Å². The molecule has 0 saturated heterocycles. The summed E-state index contributed by atoms with van der Waals surface area (Å²) in [6.07, 6.45) is 0.358. The maximum Gasteiger partial charge on any atom is 0.328 e. The van der Waals surface area contributed by atoms with Gasteiger partial charge in [-0.15, -0.1) is 0 Å². The number of ether oxygens (including phenoxy) is 2. The second kappa shape index (κ2) is 11.2. The number of hydrogen-bond acceptors (Lipinski definition) is 7. The molecule has 0 fully saturated rings. The minimum absolute atomic E-state index is 0.0599. The Bertz CT molecular complexity index is 615. The molecule has 8 nitrogen and oxygen atoms in total. The van der Waals surface area contributed by atoms with Crippen LogP contribution in [0.15, 0.2) is 16.8 Å². The van der Waals surface area contributed by atoms with Crippen LogP contribution in [-0.2, 0) is 23.9 Å². The van der Waals surface area contributed by atoms with Crippen molar-refractivity contribution in [2.75, 3.05) is 20.3 Å². The minimum atomic E-state index is -0.781. The Morgan fingerprint density at radius 1 is 1.23 bits per heavy atom. The highest BCUT2D eigenvalue weighted by molar-refractivity contribution is 7.08. The average Bonchev–Trinajstić information content (AvgIpc) is 3.13. The van der Waals surface area contributed by atoms with E-state index < -0.39 is 30.5 Å². The van der Waals surface area contributed by atoms with Gasteiger partial charge in [0, 0.05) is 17.5 Å². The van der Waals surface area contributed by atoms with Gasteiger partial charge >= 0.3 is 11.9 Å². The summed E-state index contributed by atoms with van der Waals surface area (Å²) in [5.74, 6) is -1.85. The molecule has 0 aliphatic carbocycles. The first-order valence-electron chi connectivity index (χ1n) is 8.16. The number of methoxy groups -OCH3 is 1. The number of thiophene rings is 1. The number of carbonyl (C=O) groups excluding carboxylic acids is 4. The van der Waals surface area contributed by atoms with Crippen molar-refractivity contribution in [1.29, 1.82) is 0 Å². The molecule has 0 aliphatic rings. The molecule has 2 N–H and O–H groups in total. The fourth-order valence-electron chi connectivity index (χ4n) is 2.06. The summed E-state index contributed by atoms with van der Waals surface area (Å²) in [6, 6.07) is 0.897. The number of nitrogens with one attached hydrogen (secondary N) is 2. The molecule has 0 bridgehead atoms. The summed E-state index contributed by atoms with van der Waals surface area (Å²) in [5.41, 5.74) is 0.529. The van der Waals surface area contributed by atoms with Crippen molar-refractivity contribution < 1.29 is 28.7 Å². The standard InChI is InChI=1S/C17H24N2O6S/c1-11(2)8-13(17(23)24-3)19-14(20)9-25-15(21)4-6-18-16(22)12-5-7-26-10-12/h5,7,10-11,13H,4,6,8-9H2,1-3H3,(H,18,22)(H,19,20). The van der Waals surface area contributed by atoms with E-state index in [9.17, 15) is 19.2 Å². The second-order valence-electron chi connectivity index (χ2n) is 5.95. The molecule has 26 heavy (non-hydrogen) atoms. The Balaban J connectivity index is 2.28. The van der Waals surface area contributed by atoms with Crippen molar-refractivity contribution in [2.45, 2.75) is 32.7 Å². The molecule has 1 aromatic rings. The summed E-state index contributed by atoms with van der Waals surface area (Å²) in [7, 11) is 1.24. The molecule has 1 aromatic heterocycles. The molecule has 0 radical (unpaired) electrons. The predicted octanol–water partition coefficient (Wildman–Crippen LogP) is 1.12. The maximum absolute atomic E-state index is 11.8. The first-order chi connectivity index (χ1) is 12.3. The van der Waals surface area contributed by atoms with E-state index in [1.807, 2.05) is 13.8 Å². The average molecular weight is 384 g/mol. The van der Waals surface area contributed by atoms with Gasteiger partial charge in [-0.25, -0.2) is 4.79 Å². The molecular formula is C17H24N2O6S. The molecule has 0 aliphatic heterocycles. The van der Waals surface area contributed by atoms with Gasteiger partial charge in [-0.05, 0) is 23.8 Å². The molecule has 1 rings (SSSR count). The SMILES string of the molecule is COC(=O)C(CC(C)C)NC(=O)COC(=O)CCNC(=O)c1ccsc1. The van der Waals surface area contributed by atoms with Crippen LogP contribution in [-0.4, -0.2) is 50.1 Å². The van der Waals surface area contributed by atoms with Gasteiger partial charge in [-0.3, -0.25) is 14.4 Å². The smallest absolute Gasteiger partial charge is 0.328 e. The van der Waals surface area contributed by atoms with Crippen LogP contribution in [0.4, 0.5) is 0 Å². The van der Waals surface area contributed by atoms with Crippen LogP contribution in [0.2, 0.25) is 0 Å². The third-order valence-electron chi connectivity index (χ3n) is 3.29. The van der Waals surface area contributed by atoms with E-state index in [0.29, 0.717) is 12.0 Å². The van der Waals surface area contributed by atoms with Crippen molar-refractivity contribution >= 4 is 35.1 Å². The summed E-state index contributed by atoms with van der Waals surface area (Å²) in [4.78, 5) is 46.8. The van der Waals surface area contributed by atoms with Crippen LogP contribution in [0.5, 0.6) is 0 Å². The normalized spacial score (nSPS) is 11.5. The second-order valence-corrected chi connectivity index (χ2v) is 6.73. The first-order valence-corrected chi connectivity index (χ1v) is 9.11. The molecule has 1 heterocycles. The lowest BCUT2D eigenvalue weighted by atomic mass is 10.0. The first kappa shape index (κ1) is 21.6. The van der Waals surface area contributed by atoms with Gasteiger partial charge in [0.2, 0.25) is 0 Å². The quantitative estimate of drug-likeness (QED) is 0.585. The minimum Gasteiger partial charge on any atom is -0.467 e. The van der Waals surface area contributed by atoms with E-state index in [0.717, 1.165) is 0 Å². The van der Waals surface area contributed by atoms with Crippen LogP contribution in [0.3, 0.4) is 0 Å². The molecule has 2 amide bonds. The highest BCUT2D eigenvalue weighted by atomic mass is 32.1. The van der Waals surface area contributed by atoms with Crippen LogP contribution in [0.25, 0.3) is 0 Å². The molecular weight excluding hydrogens is 360 g/mol. The zero-order valence-corrected chi connectivity index (χ0v) is 15.9. The third kappa shape index (κ3) is 8.11. The lowest BCUT2D eigenvalue weighted by molar-refractivity contribution is -0.150. The number of esters is 2. The topological polar surface area (TPSA) is 111 Å². The fraction of sp³-hybridized carbons (Fsp3) is 0.529. The molecule has 1 unspecified atom stereocenters. The summed E-state index contributed by atoms with van der Waals surface area (Å²) in [6.45, 7) is 3.43. The Morgan fingerprint density at radius 3 is 2.54 bits per heavy atom. The lowest BCUT2D eigenvalue weighted by Gasteiger charge is -2.18. The predicted molar refractivity (Wildman–Crippen MR) is 95.6 cm³/mol. The molecule has 0 aromatic carbocycles. The third-order valence-corrected chi connectivity index (χ3v) is 3.97. The molecule has 0 spiro atoms. The van der Waals surface area contributed by atoms with Crippen molar-refractivity contribution in [3.05, 3.63) is 22.4 Å². The summed E-state index contributed by atoms with van der Waals surface area (Å²) >= 11 is 1.40. The molecule has 9 heteroatoms. The number of hydrogen-bond donors (Lipinski definition) is 2. The lowest BCUT2D eigenvalue weighted by Crippen LogP contribution is -2.44. The van der Waals surface area contributed by atoms with Crippen LogP contribution >= 0.6 is 11.3 Å². The monoisotopic (exact) mass is 384 g/mol. The van der Waals surface area contributed by atoms with Crippen LogP contribution in [0, 0.1) is 5.92 Å². The Hall–Kier alpha value is -2.42. The Labute approximate surface area is 156 Å². The van der Waals surface area contributed by atoms with Gasteiger partial charge in [-0.2, -0.15) is 11.3 Å². The largest absolute Gasteiger partial charge is 0.467 e. The fourth-order valence-corrected chi connectivity index (χ4v) is 2.69. The zero-order chi connectivity index (χ0) is 19.5. The number of carbonyl (C=O) groups is 4. The maximum atomic E-state index is 11.8. The number of amides is 2.